The number of carbonyl (C=O) groups is 3. The maximum atomic E-state index is 12.6. The van der Waals surface area contributed by atoms with Crippen molar-refractivity contribution in [3.05, 3.63) is 35.9 Å². The van der Waals surface area contributed by atoms with Gasteiger partial charge < -0.3 is 26.0 Å². The van der Waals surface area contributed by atoms with Gasteiger partial charge in [0, 0.05) is 6.54 Å². The van der Waals surface area contributed by atoms with Crippen molar-refractivity contribution in [1.82, 2.24) is 5.32 Å². The topological polar surface area (TPSA) is 139 Å². The number of hydrogen-bond donors (Lipinski definition) is 4. The molecule has 0 fully saturated rings. The van der Waals surface area contributed by atoms with Gasteiger partial charge in [-0.1, -0.05) is 30.3 Å². The lowest BCUT2D eigenvalue weighted by Crippen LogP contribution is -2.62. The lowest BCUT2D eigenvalue weighted by Gasteiger charge is -2.28. The fourth-order valence-electron chi connectivity index (χ4n) is 2.26. The van der Waals surface area contributed by atoms with E-state index in [0.717, 1.165) is 5.56 Å². The number of Topliss-reactive ketones (excluding diaryl/α,β-unsaturated/α-hetero) is 1. The highest BCUT2D eigenvalue weighted by molar-refractivity contribution is 6.12. The summed E-state index contributed by atoms with van der Waals surface area (Å²) in [5.74, 6) is -3.56. The number of ether oxygens (including phenoxy) is 1. The first kappa shape index (κ1) is 21.8. The SMILES string of the molecule is CC(C)(C)OC(=O)CC(N)(C(=O)O)C(=O)C(CO)NCc1ccccc1. The smallest absolute Gasteiger partial charge is 0.332 e. The van der Waals surface area contributed by atoms with E-state index in [-0.39, 0.29) is 6.54 Å². The number of nitrogens with two attached hydrogens (primary N) is 1. The van der Waals surface area contributed by atoms with E-state index in [9.17, 15) is 24.6 Å². The zero-order valence-electron chi connectivity index (χ0n) is 15.2. The molecule has 8 nitrogen and oxygen atoms in total. The van der Waals surface area contributed by atoms with Crippen LogP contribution >= 0.6 is 0 Å². The summed E-state index contributed by atoms with van der Waals surface area (Å²) in [6.45, 7) is 4.41. The van der Waals surface area contributed by atoms with Crippen molar-refractivity contribution in [2.45, 2.75) is 50.9 Å². The van der Waals surface area contributed by atoms with Crippen molar-refractivity contribution in [3.63, 3.8) is 0 Å². The monoisotopic (exact) mass is 366 g/mol. The average Bonchev–Trinajstić information content (AvgIpc) is 2.54. The summed E-state index contributed by atoms with van der Waals surface area (Å²) in [6, 6.07) is 7.81. The van der Waals surface area contributed by atoms with Gasteiger partial charge in [-0.25, -0.2) is 4.79 Å². The van der Waals surface area contributed by atoms with Crippen molar-refractivity contribution >= 4 is 17.7 Å². The standard InChI is InChI=1S/C18H26N2O6/c1-17(2,3)26-14(22)9-18(19,16(24)25)15(23)13(11-21)20-10-12-7-5-4-6-8-12/h4-8,13,20-21H,9-11,19H2,1-3H3,(H,24,25). The normalized spacial score (nSPS) is 15.0. The van der Waals surface area contributed by atoms with Gasteiger partial charge in [-0.15, -0.1) is 0 Å². The number of carboxylic acids is 1. The van der Waals surface area contributed by atoms with Crippen LogP contribution in [0.1, 0.15) is 32.8 Å². The van der Waals surface area contributed by atoms with Crippen LogP contribution in [0.25, 0.3) is 0 Å². The molecule has 2 unspecified atom stereocenters. The van der Waals surface area contributed by atoms with Gasteiger partial charge in [0.1, 0.15) is 5.60 Å². The number of benzene rings is 1. The second kappa shape index (κ2) is 8.88. The van der Waals surface area contributed by atoms with Crippen LogP contribution in [0.15, 0.2) is 30.3 Å². The molecule has 0 saturated heterocycles. The summed E-state index contributed by atoms with van der Waals surface area (Å²) in [6.07, 6.45) is -0.831. The fraction of sp³-hybridized carbons (Fsp3) is 0.500. The van der Waals surface area contributed by atoms with Gasteiger partial charge in [-0.05, 0) is 26.3 Å². The highest BCUT2D eigenvalue weighted by Gasteiger charge is 2.47. The van der Waals surface area contributed by atoms with Gasteiger partial charge in [0.2, 0.25) is 0 Å². The summed E-state index contributed by atoms with van der Waals surface area (Å²) in [4.78, 5) is 36.2. The molecule has 26 heavy (non-hydrogen) atoms. The Labute approximate surface area is 152 Å². The number of aliphatic carboxylic acids is 1. The summed E-state index contributed by atoms with van der Waals surface area (Å²) >= 11 is 0. The van der Waals surface area contributed by atoms with Crippen LogP contribution in [-0.2, 0) is 25.7 Å². The highest BCUT2D eigenvalue weighted by atomic mass is 16.6. The van der Waals surface area contributed by atoms with E-state index < -0.39 is 47.9 Å². The van der Waals surface area contributed by atoms with Crippen molar-refractivity contribution in [2.75, 3.05) is 6.61 Å². The lowest BCUT2D eigenvalue weighted by molar-refractivity contribution is -0.163. The molecule has 2 atom stereocenters. The molecule has 0 radical (unpaired) electrons. The third-order valence-corrected chi connectivity index (χ3v) is 3.56. The zero-order valence-corrected chi connectivity index (χ0v) is 15.2. The number of carboxylic acid groups (broad SMARTS) is 1. The summed E-state index contributed by atoms with van der Waals surface area (Å²) < 4.78 is 5.06. The Morgan fingerprint density at radius 2 is 1.77 bits per heavy atom. The molecule has 8 heteroatoms. The summed E-state index contributed by atoms with van der Waals surface area (Å²) in [5, 5.41) is 21.7. The first-order valence-electron chi connectivity index (χ1n) is 8.16. The van der Waals surface area contributed by atoms with Crippen LogP contribution in [0.2, 0.25) is 0 Å². The van der Waals surface area contributed by atoms with E-state index in [1.807, 2.05) is 6.07 Å². The average molecular weight is 366 g/mol. The first-order chi connectivity index (χ1) is 12.0. The highest BCUT2D eigenvalue weighted by Crippen LogP contribution is 2.17. The molecule has 144 valence electrons. The van der Waals surface area contributed by atoms with Gasteiger partial charge in [0.15, 0.2) is 11.3 Å². The van der Waals surface area contributed by atoms with Crippen LogP contribution in [0.4, 0.5) is 0 Å². The first-order valence-corrected chi connectivity index (χ1v) is 8.16. The van der Waals surface area contributed by atoms with E-state index >= 15 is 0 Å². The number of ketones is 1. The number of carbonyl (C=O) groups excluding carboxylic acids is 2. The van der Waals surface area contributed by atoms with Crippen LogP contribution in [0.5, 0.6) is 0 Å². The number of rotatable bonds is 9. The van der Waals surface area contributed by atoms with E-state index in [0.29, 0.717) is 0 Å². The largest absolute Gasteiger partial charge is 0.480 e. The molecule has 0 aliphatic rings. The van der Waals surface area contributed by atoms with Crippen LogP contribution in [0, 0.1) is 0 Å². The van der Waals surface area contributed by atoms with Crippen molar-refractivity contribution in [3.8, 4) is 0 Å². The number of esters is 1. The minimum Gasteiger partial charge on any atom is -0.480 e. The number of aliphatic hydroxyl groups excluding tert-OH is 1. The second-order valence-corrected chi connectivity index (χ2v) is 7.01. The third-order valence-electron chi connectivity index (χ3n) is 3.56. The minimum absolute atomic E-state index is 0.222. The number of aliphatic hydroxyl groups is 1. The van der Waals surface area contributed by atoms with Crippen molar-refractivity contribution in [2.24, 2.45) is 5.73 Å². The predicted octanol–water partition coefficient (Wildman–Crippen LogP) is 0.220. The summed E-state index contributed by atoms with van der Waals surface area (Å²) in [5.41, 5.74) is 3.24. The Kier molecular flexibility index (Phi) is 7.43. The fourth-order valence-corrected chi connectivity index (χ4v) is 2.26. The van der Waals surface area contributed by atoms with Crippen LogP contribution < -0.4 is 11.1 Å². The molecule has 0 amide bonds. The van der Waals surface area contributed by atoms with E-state index in [1.54, 1.807) is 45.0 Å². The maximum absolute atomic E-state index is 12.6. The van der Waals surface area contributed by atoms with Gasteiger partial charge in [-0.3, -0.25) is 9.59 Å². The quantitative estimate of drug-likeness (QED) is 0.359. The van der Waals surface area contributed by atoms with E-state index in [2.05, 4.69) is 5.32 Å². The molecule has 5 N–H and O–H groups in total. The molecular formula is C18H26N2O6. The summed E-state index contributed by atoms with van der Waals surface area (Å²) in [7, 11) is 0. The molecule has 1 aromatic carbocycles. The number of hydrogen-bond acceptors (Lipinski definition) is 7. The van der Waals surface area contributed by atoms with E-state index in [1.165, 1.54) is 0 Å². The molecule has 0 aromatic heterocycles. The Morgan fingerprint density at radius 1 is 1.19 bits per heavy atom. The van der Waals surface area contributed by atoms with Gasteiger partial charge in [0.25, 0.3) is 0 Å². The molecule has 1 aromatic rings. The van der Waals surface area contributed by atoms with Gasteiger partial charge in [0.05, 0.1) is 19.1 Å². The molecule has 1 rings (SSSR count). The predicted molar refractivity (Wildman–Crippen MR) is 94.2 cm³/mol. The lowest BCUT2D eigenvalue weighted by atomic mass is 9.87. The second-order valence-electron chi connectivity index (χ2n) is 7.01. The zero-order chi connectivity index (χ0) is 20.0. The molecule has 0 bridgehead atoms. The maximum Gasteiger partial charge on any atom is 0.332 e. The Morgan fingerprint density at radius 3 is 2.23 bits per heavy atom. The molecule has 0 aliphatic heterocycles. The molecule has 0 spiro atoms. The van der Waals surface area contributed by atoms with Crippen LogP contribution in [-0.4, -0.2) is 51.7 Å². The Bertz CT molecular complexity index is 641. The third kappa shape index (κ3) is 6.21. The van der Waals surface area contributed by atoms with Gasteiger partial charge >= 0.3 is 11.9 Å². The Hall–Kier alpha value is -2.29. The van der Waals surface area contributed by atoms with E-state index in [4.69, 9.17) is 10.5 Å². The van der Waals surface area contributed by atoms with Crippen molar-refractivity contribution in [1.29, 1.82) is 0 Å². The van der Waals surface area contributed by atoms with Crippen LogP contribution in [0.3, 0.4) is 0 Å². The molecule has 0 saturated carbocycles. The molecule has 0 aliphatic carbocycles. The van der Waals surface area contributed by atoms with Gasteiger partial charge in [-0.2, -0.15) is 0 Å². The molecular weight excluding hydrogens is 340 g/mol. The van der Waals surface area contributed by atoms with Crippen molar-refractivity contribution < 1.29 is 29.3 Å². The molecule has 0 heterocycles. The number of nitrogens with one attached hydrogen (secondary N) is 1. The Balaban J connectivity index is 2.89. The minimum atomic E-state index is -2.50.